The van der Waals surface area contributed by atoms with Crippen LogP contribution in [0.25, 0.3) is 11.3 Å². The van der Waals surface area contributed by atoms with Crippen molar-refractivity contribution < 1.29 is 15.0 Å². The smallest absolute Gasteiger partial charge is 0.348 e. The second-order valence-electron chi connectivity index (χ2n) is 4.54. The van der Waals surface area contributed by atoms with Crippen molar-refractivity contribution in [2.24, 2.45) is 0 Å². The van der Waals surface area contributed by atoms with Crippen molar-refractivity contribution in [3.63, 3.8) is 0 Å². The molecule has 0 amide bonds. The van der Waals surface area contributed by atoms with Gasteiger partial charge in [0.1, 0.15) is 10.6 Å². The van der Waals surface area contributed by atoms with Crippen molar-refractivity contribution in [3.8, 4) is 17.0 Å². The molecule has 22 heavy (non-hydrogen) atoms. The van der Waals surface area contributed by atoms with Crippen LogP contribution in [0.3, 0.4) is 0 Å². The maximum Gasteiger partial charge on any atom is 0.348 e. The maximum atomic E-state index is 11.4. The molecule has 3 aromatic rings. The summed E-state index contributed by atoms with van der Waals surface area (Å²) in [5.74, 6) is -0.837. The normalized spacial score (nSPS) is 10.4. The van der Waals surface area contributed by atoms with E-state index in [9.17, 15) is 15.0 Å². The van der Waals surface area contributed by atoms with Crippen LogP contribution in [0.4, 0.5) is 10.8 Å². The Hall–Kier alpha value is -2.86. The first-order valence-corrected chi connectivity index (χ1v) is 7.31. The minimum absolute atomic E-state index is 0.167. The van der Waals surface area contributed by atoms with Gasteiger partial charge >= 0.3 is 5.97 Å². The highest BCUT2D eigenvalue weighted by Gasteiger charge is 2.18. The number of phenols is 1. The van der Waals surface area contributed by atoms with Crippen LogP contribution in [0.5, 0.6) is 5.75 Å². The van der Waals surface area contributed by atoms with Gasteiger partial charge in [0, 0.05) is 11.3 Å². The zero-order chi connectivity index (χ0) is 15.5. The second-order valence-corrected chi connectivity index (χ2v) is 5.54. The summed E-state index contributed by atoms with van der Waals surface area (Å²) in [5, 5.41) is 22.2. The van der Waals surface area contributed by atoms with Crippen molar-refractivity contribution in [2.45, 2.75) is 0 Å². The zero-order valence-corrected chi connectivity index (χ0v) is 12.2. The van der Waals surface area contributed by atoms with Crippen LogP contribution in [0, 0.1) is 0 Å². The van der Waals surface area contributed by atoms with Crippen molar-refractivity contribution in [3.05, 3.63) is 59.5 Å². The van der Waals surface area contributed by atoms with Crippen LogP contribution >= 0.6 is 11.3 Å². The molecule has 0 aliphatic rings. The highest BCUT2D eigenvalue weighted by atomic mass is 32.1. The third-order valence-corrected chi connectivity index (χ3v) is 3.95. The summed E-state index contributed by atoms with van der Waals surface area (Å²) in [6, 6.07) is 15.7. The van der Waals surface area contributed by atoms with Crippen LogP contribution in [-0.4, -0.2) is 21.2 Å². The summed E-state index contributed by atoms with van der Waals surface area (Å²) in [5.41, 5.74) is 1.93. The molecule has 0 spiro atoms. The van der Waals surface area contributed by atoms with Crippen LogP contribution in [0.1, 0.15) is 9.67 Å². The van der Waals surface area contributed by atoms with Crippen molar-refractivity contribution >= 4 is 28.1 Å². The molecule has 3 N–H and O–H groups in total. The standard InChI is InChI=1S/C16H12N2O3S/c19-12-8-6-11(7-9-12)17-16-18-13(14(22-16)15(20)21)10-4-2-1-3-5-10/h1-9,19H,(H,17,18)(H,20,21). The van der Waals surface area contributed by atoms with E-state index in [1.54, 1.807) is 24.3 Å². The number of aromatic nitrogens is 1. The Balaban J connectivity index is 1.97. The monoisotopic (exact) mass is 312 g/mol. The number of hydrogen-bond donors (Lipinski definition) is 3. The number of aromatic carboxylic acids is 1. The lowest BCUT2D eigenvalue weighted by Gasteiger charge is -2.01. The Kier molecular flexibility index (Phi) is 3.76. The fraction of sp³-hybridized carbons (Fsp3) is 0. The van der Waals surface area contributed by atoms with E-state index >= 15 is 0 Å². The molecule has 0 atom stereocenters. The summed E-state index contributed by atoms with van der Waals surface area (Å²) in [6.45, 7) is 0. The summed E-state index contributed by atoms with van der Waals surface area (Å²) in [4.78, 5) is 16.0. The predicted octanol–water partition coefficient (Wildman–Crippen LogP) is 3.96. The molecule has 0 aliphatic heterocycles. The molecule has 0 saturated carbocycles. The van der Waals surface area contributed by atoms with Gasteiger partial charge < -0.3 is 15.5 Å². The Morgan fingerprint density at radius 1 is 1.05 bits per heavy atom. The number of nitrogens with zero attached hydrogens (tertiary/aromatic N) is 1. The molecule has 3 rings (SSSR count). The maximum absolute atomic E-state index is 11.4. The number of nitrogens with one attached hydrogen (secondary N) is 1. The lowest BCUT2D eigenvalue weighted by Crippen LogP contribution is -1.95. The fourth-order valence-corrected chi connectivity index (χ4v) is 2.83. The van der Waals surface area contributed by atoms with Gasteiger partial charge in [0.25, 0.3) is 0 Å². The fourth-order valence-electron chi connectivity index (χ4n) is 1.98. The third kappa shape index (κ3) is 2.91. The highest BCUT2D eigenvalue weighted by molar-refractivity contribution is 7.18. The summed E-state index contributed by atoms with van der Waals surface area (Å²) in [6.07, 6.45) is 0. The van der Waals surface area contributed by atoms with Gasteiger partial charge in [-0.25, -0.2) is 9.78 Å². The SMILES string of the molecule is O=C(O)c1sc(Nc2ccc(O)cc2)nc1-c1ccccc1. The Morgan fingerprint density at radius 2 is 1.73 bits per heavy atom. The molecule has 0 radical (unpaired) electrons. The summed E-state index contributed by atoms with van der Waals surface area (Å²) < 4.78 is 0. The summed E-state index contributed by atoms with van der Waals surface area (Å²) >= 11 is 1.08. The number of hydrogen-bond acceptors (Lipinski definition) is 5. The molecule has 0 fully saturated rings. The average molecular weight is 312 g/mol. The average Bonchev–Trinajstić information content (AvgIpc) is 2.95. The number of phenolic OH excluding ortho intramolecular Hbond substituents is 1. The molecule has 0 unspecified atom stereocenters. The van der Waals surface area contributed by atoms with Crippen LogP contribution in [0.15, 0.2) is 54.6 Å². The Labute approximate surface area is 130 Å². The van der Waals surface area contributed by atoms with Crippen LogP contribution < -0.4 is 5.32 Å². The molecule has 5 nitrogen and oxygen atoms in total. The predicted molar refractivity (Wildman–Crippen MR) is 85.9 cm³/mol. The van der Waals surface area contributed by atoms with E-state index in [0.29, 0.717) is 10.8 Å². The summed E-state index contributed by atoms with van der Waals surface area (Å²) in [7, 11) is 0. The molecule has 0 saturated heterocycles. The van der Waals surface area contributed by atoms with E-state index in [4.69, 9.17) is 0 Å². The van der Waals surface area contributed by atoms with Gasteiger partial charge in [-0.15, -0.1) is 0 Å². The van der Waals surface area contributed by atoms with Gasteiger partial charge in [0.2, 0.25) is 0 Å². The first kappa shape index (κ1) is 14.1. The van der Waals surface area contributed by atoms with Gasteiger partial charge in [-0.1, -0.05) is 41.7 Å². The lowest BCUT2D eigenvalue weighted by molar-refractivity contribution is 0.0702. The van der Waals surface area contributed by atoms with E-state index < -0.39 is 5.97 Å². The van der Waals surface area contributed by atoms with Crippen molar-refractivity contribution in [1.82, 2.24) is 4.98 Å². The van der Waals surface area contributed by atoms with E-state index in [2.05, 4.69) is 10.3 Å². The lowest BCUT2D eigenvalue weighted by atomic mass is 10.1. The van der Waals surface area contributed by atoms with Gasteiger partial charge in [-0.3, -0.25) is 0 Å². The molecule has 110 valence electrons. The van der Waals surface area contributed by atoms with Gasteiger partial charge in [0.15, 0.2) is 5.13 Å². The Bertz CT molecular complexity index is 798. The van der Waals surface area contributed by atoms with Crippen molar-refractivity contribution in [2.75, 3.05) is 5.32 Å². The number of carboxylic acids is 1. The van der Waals surface area contributed by atoms with Gasteiger partial charge in [0.05, 0.1) is 5.69 Å². The number of thiazole rings is 1. The molecule has 1 aromatic heterocycles. The zero-order valence-electron chi connectivity index (χ0n) is 11.4. The van der Waals surface area contributed by atoms with E-state index in [0.717, 1.165) is 22.6 Å². The number of carbonyl (C=O) groups is 1. The van der Waals surface area contributed by atoms with E-state index in [1.807, 2.05) is 30.3 Å². The molecular formula is C16H12N2O3S. The van der Waals surface area contributed by atoms with E-state index in [1.165, 1.54) is 0 Å². The topological polar surface area (TPSA) is 82.5 Å². The molecule has 6 heteroatoms. The van der Waals surface area contributed by atoms with Gasteiger partial charge in [-0.2, -0.15) is 0 Å². The molecule has 0 bridgehead atoms. The molecule has 0 aliphatic carbocycles. The number of anilines is 2. The second kappa shape index (κ2) is 5.87. The first-order valence-electron chi connectivity index (χ1n) is 6.49. The van der Waals surface area contributed by atoms with E-state index in [-0.39, 0.29) is 10.6 Å². The van der Waals surface area contributed by atoms with Crippen LogP contribution in [0.2, 0.25) is 0 Å². The van der Waals surface area contributed by atoms with Crippen LogP contribution in [-0.2, 0) is 0 Å². The first-order chi connectivity index (χ1) is 10.6. The quantitative estimate of drug-likeness (QED) is 0.635. The molecule has 1 heterocycles. The Morgan fingerprint density at radius 3 is 2.36 bits per heavy atom. The molecule has 2 aromatic carbocycles. The van der Waals surface area contributed by atoms with Gasteiger partial charge in [-0.05, 0) is 24.3 Å². The number of rotatable bonds is 4. The number of aromatic hydroxyl groups is 1. The largest absolute Gasteiger partial charge is 0.508 e. The minimum atomic E-state index is -1.00. The minimum Gasteiger partial charge on any atom is -0.508 e. The molecular weight excluding hydrogens is 300 g/mol. The van der Waals surface area contributed by atoms with Crippen molar-refractivity contribution in [1.29, 1.82) is 0 Å². The third-order valence-electron chi connectivity index (χ3n) is 2.99. The number of carboxylic acid groups (broad SMARTS) is 1. The highest BCUT2D eigenvalue weighted by Crippen LogP contribution is 2.32. The number of benzene rings is 2.